The van der Waals surface area contributed by atoms with Gasteiger partial charge in [-0.05, 0) is 39.0 Å². The van der Waals surface area contributed by atoms with Gasteiger partial charge in [0.1, 0.15) is 12.6 Å². The van der Waals surface area contributed by atoms with Gasteiger partial charge >= 0.3 is 0 Å². The highest BCUT2D eigenvalue weighted by Crippen LogP contribution is 2.28. The summed E-state index contributed by atoms with van der Waals surface area (Å²) < 4.78 is 10.7. The third-order valence-electron chi connectivity index (χ3n) is 3.43. The summed E-state index contributed by atoms with van der Waals surface area (Å²) in [5.41, 5.74) is 5.39. The summed E-state index contributed by atoms with van der Waals surface area (Å²) in [6.07, 6.45) is 0. The second-order valence-corrected chi connectivity index (χ2v) is 5.92. The monoisotopic (exact) mass is 347 g/mol. The molecule has 0 radical (unpaired) electrons. The number of nitrogens with one attached hydrogen (secondary N) is 2. The molecule has 7 heteroatoms. The Kier molecular flexibility index (Phi) is 7.27. The first-order chi connectivity index (χ1) is 11.7. The van der Waals surface area contributed by atoms with Gasteiger partial charge in [0.05, 0.1) is 7.11 Å². The van der Waals surface area contributed by atoms with Gasteiger partial charge in [0, 0.05) is 18.2 Å². The smallest absolute Gasteiger partial charge is 0.252 e. The van der Waals surface area contributed by atoms with E-state index in [1.807, 2.05) is 0 Å². The number of amides is 2. The molecule has 0 aromatic heterocycles. The Balaban J connectivity index is 3.00. The zero-order valence-corrected chi connectivity index (χ0v) is 15.2. The van der Waals surface area contributed by atoms with E-state index in [2.05, 4.69) is 22.5 Å². The predicted octanol–water partition coefficient (Wildman–Crippen LogP) is 0.679. The maximum atomic E-state index is 12.5. The Morgan fingerprint density at radius 2 is 2.00 bits per heavy atom. The van der Waals surface area contributed by atoms with Crippen LogP contribution in [-0.2, 0) is 4.79 Å². The SMILES string of the molecule is CC#CCOc1ccc(C(=O)NC(C(=O)NC)C(C)(C)N)cc1OC. The number of benzene rings is 1. The highest BCUT2D eigenvalue weighted by atomic mass is 16.5. The lowest BCUT2D eigenvalue weighted by atomic mass is 9.94. The Bertz CT molecular complexity index is 684. The molecule has 25 heavy (non-hydrogen) atoms. The van der Waals surface area contributed by atoms with Crippen molar-refractivity contribution in [2.24, 2.45) is 5.73 Å². The number of hydrogen-bond acceptors (Lipinski definition) is 5. The first-order valence-corrected chi connectivity index (χ1v) is 7.76. The van der Waals surface area contributed by atoms with Gasteiger partial charge in [0.2, 0.25) is 5.91 Å². The molecule has 0 spiro atoms. The molecular weight excluding hydrogens is 322 g/mol. The molecule has 1 rings (SSSR count). The number of likely N-dealkylation sites (N-methyl/N-ethyl adjacent to an activating group) is 1. The average molecular weight is 347 g/mol. The fourth-order valence-electron chi connectivity index (χ4n) is 2.06. The normalized spacial score (nSPS) is 11.6. The Hall–Kier alpha value is -2.72. The number of nitrogens with two attached hydrogens (primary N) is 1. The Morgan fingerprint density at radius 1 is 1.32 bits per heavy atom. The van der Waals surface area contributed by atoms with Crippen molar-refractivity contribution >= 4 is 11.8 Å². The number of carbonyl (C=O) groups excluding carboxylic acids is 2. The van der Waals surface area contributed by atoms with E-state index in [1.54, 1.807) is 32.9 Å². The largest absolute Gasteiger partial charge is 0.493 e. The van der Waals surface area contributed by atoms with Crippen LogP contribution in [0, 0.1) is 11.8 Å². The maximum Gasteiger partial charge on any atom is 0.252 e. The number of ether oxygens (including phenoxy) is 2. The van der Waals surface area contributed by atoms with Crippen LogP contribution in [-0.4, -0.2) is 44.2 Å². The van der Waals surface area contributed by atoms with E-state index in [0.29, 0.717) is 17.1 Å². The van der Waals surface area contributed by atoms with Gasteiger partial charge in [-0.1, -0.05) is 5.92 Å². The molecule has 136 valence electrons. The van der Waals surface area contributed by atoms with Gasteiger partial charge < -0.3 is 25.8 Å². The van der Waals surface area contributed by atoms with Crippen molar-refractivity contribution in [2.45, 2.75) is 32.4 Å². The van der Waals surface area contributed by atoms with Crippen LogP contribution < -0.4 is 25.8 Å². The first kappa shape index (κ1) is 20.3. The molecule has 0 bridgehead atoms. The van der Waals surface area contributed by atoms with Gasteiger partial charge in [0.25, 0.3) is 5.91 Å². The van der Waals surface area contributed by atoms with Gasteiger partial charge in [0.15, 0.2) is 11.5 Å². The lowest BCUT2D eigenvalue weighted by molar-refractivity contribution is -0.123. The van der Waals surface area contributed by atoms with Crippen LogP contribution in [0.3, 0.4) is 0 Å². The van der Waals surface area contributed by atoms with Crippen molar-refractivity contribution in [2.75, 3.05) is 20.8 Å². The van der Waals surface area contributed by atoms with E-state index in [9.17, 15) is 9.59 Å². The van der Waals surface area contributed by atoms with Crippen LogP contribution in [0.2, 0.25) is 0 Å². The Morgan fingerprint density at radius 3 is 2.52 bits per heavy atom. The minimum Gasteiger partial charge on any atom is -0.493 e. The molecule has 0 aliphatic heterocycles. The summed E-state index contributed by atoms with van der Waals surface area (Å²) in [6.45, 7) is 5.27. The van der Waals surface area contributed by atoms with E-state index in [4.69, 9.17) is 15.2 Å². The van der Waals surface area contributed by atoms with Crippen LogP contribution in [0.1, 0.15) is 31.1 Å². The molecular formula is C18H25N3O4. The van der Waals surface area contributed by atoms with Crippen LogP contribution >= 0.6 is 0 Å². The molecule has 0 saturated heterocycles. The van der Waals surface area contributed by atoms with Gasteiger partial charge in [-0.15, -0.1) is 5.92 Å². The molecule has 7 nitrogen and oxygen atoms in total. The first-order valence-electron chi connectivity index (χ1n) is 7.76. The zero-order valence-electron chi connectivity index (χ0n) is 15.2. The van der Waals surface area contributed by atoms with Crippen molar-refractivity contribution in [1.82, 2.24) is 10.6 Å². The maximum absolute atomic E-state index is 12.5. The molecule has 0 fully saturated rings. The Labute approximate surface area is 148 Å². The third kappa shape index (κ3) is 5.69. The molecule has 1 unspecified atom stereocenters. The summed E-state index contributed by atoms with van der Waals surface area (Å²) in [7, 11) is 2.97. The second kappa shape index (κ2) is 8.94. The summed E-state index contributed by atoms with van der Waals surface area (Å²) in [5.74, 6) is 5.57. The summed E-state index contributed by atoms with van der Waals surface area (Å²) in [6, 6.07) is 3.85. The number of hydrogen-bond donors (Lipinski definition) is 3. The van der Waals surface area contributed by atoms with Gasteiger partial charge in [-0.25, -0.2) is 0 Å². The molecule has 1 aromatic rings. The van der Waals surface area contributed by atoms with E-state index in [0.717, 1.165) is 0 Å². The number of carbonyl (C=O) groups is 2. The molecule has 2 amide bonds. The minimum absolute atomic E-state index is 0.221. The van der Waals surface area contributed by atoms with Crippen LogP contribution in [0.4, 0.5) is 0 Å². The van der Waals surface area contributed by atoms with Crippen molar-refractivity contribution in [3.63, 3.8) is 0 Å². The van der Waals surface area contributed by atoms with Crippen LogP contribution in [0.5, 0.6) is 11.5 Å². The summed E-state index contributed by atoms with van der Waals surface area (Å²) >= 11 is 0. The molecule has 0 aliphatic rings. The number of rotatable bonds is 7. The third-order valence-corrected chi connectivity index (χ3v) is 3.43. The fourth-order valence-corrected chi connectivity index (χ4v) is 2.06. The highest BCUT2D eigenvalue weighted by Gasteiger charge is 2.33. The molecule has 0 saturated carbocycles. The van der Waals surface area contributed by atoms with Crippen molar-refractivity contribution < 1.29 is 19.1 Å². The topological polar surface area (TPSA) is 103 Å². The summed E-state index contributed by atoms with van der Waals surface area (Å²) in [4.78, 5) is 24.5. The van der Waals surface area contributed by atoms with Gasteiger partial charge in [-0.3, -0.25) is 9.59 Å². The standard InChI is InChI=1S/C18H25N3O4/c1-6-7-10-25-13-9-8-12(11-14(13)24-5)16(22)21-15(17(23)20-4)18(2,3)19/h8-9,11,15H,10,19H2,1-5H3,(H,20,23)(H,21,22). The lowest BCUT2D eigenvalue weighted by Gasteiger charge is -2.29. The molecule has 0 heterocycles. The molecule has 4 N–H and O–H groups in total. The van der Waals surface area contributed by atoms with Crippen molar-refractivity contribution in [3.05, 3.63) is 23.8 Å². The fraction of sp³-hybridized carbons (Fsp3) is 0.444. The van der Waals surface area contributed by atoms with Crippen LogP contribution in [0.15, 0.2) is 18.2 Å². The van der Waals surface area contributed by atoms with E-state index < -0.39 is 17.5 Å². The van der Waals surface area contributed by atoms with Crippen molar-refractivity contribution in [1.29, 1.82) is 0 Å². The molecule has 0 aliphatic carbocycles. The molecule has 1 atom stereocenters. The zero-order chi connectivity index (χ0) is 19.0. The van der Waals surface area contributed by atoms with E-state index >= 15 is 0 Å². The predicted molar refractivity (Wildman–Crippen MR) is 95.5 cm³/mol. The van der Waals surface area contributed by atoms with Gasteiger partial charge in [-0.2, -0.15) is 0 Å². The summed E-state index contributed by atoms with van der Waals surface area (Å²) in [5, 5.41) is 5.15. The minimum atomic E-state index is -0.929. The second-order valence-electron chi connectivity index (χ2n) is 5.92. The van der Waals surface area contributed by atoms with E-state index in [1.165, 1.54) is 20.2 Å². The van der Waals surface area contributed by atoms with Crippen molar-refractivity contribution in [3.8, 4) is 23.3 Å². The van der Waals surface area contributed by atoms with Crippen LogP contribution in [0.25, 0.3) is 0 Å². The highest BCUT2D eigenvalue weighted by molar-refractivity contribution is 5.98. The average Bonchev–Trinajstić information content (AvgIpc) is 2.58. The van der Waals surface area contributed by atoms with E-state index in [-0.39, 0.29) is 12.5 Å². The lowest BCUT2D eigenvalue weighted by Crippen LogP contribution is -2.61. The molecule has 1 aromatic carbocycles. The quantitative estimate of drug-likeness (QED) is 0.630. The number of methoxy groups -OCH3 is 1.